The summed E-state index contributed by atoms with van der Waals surface area (Å²) in [5.41, 5.74) is 0. The van der Waals surface area contributed by atoms with Gasteiger partial charge >= 0.3 is 0 Å². The number of hydrogen-bond acceptors (Lipinski definition) is 5. The molecular weight excluding hydrogens is 270 g/mol. The number of sulfonamides is 1. The largest absolute Gasteiger partial charge is 0.312 e. The van der Waals surface area contributed by atoms with Crippen LogP contribution in [-0.4, -0.2) is 43.6 Å². The fourth-order valence-corrected chi connectivity index (χ4v) is 3.33. The van der Waals surface area contributed by atoms with E-state index >= 15 is 0 Å². The van der Waals surface area contributed by atoms with Crippen molar-refractivity contribution >= 4 is 21.4 Å². The topological polar surface area (TPSA) is 62.3 Å². The highest BCUT2D eigenvalue weighted by Gasteiger charge is 2.12. The van der Waals surface area contributed by atoms with Crippen LogP contribution in [0.25, 0.3) is 0 Å². The van der Waals surface area contributed by atoms with Gasteiger partial charge in [0, 0.05) is 30.7 Å². The molecule has 1 aromatic heterocycles. The molecule has 0 unspecified atom stereocenters. The van der Waals surface area contributed by atoms with E-state index in [0.717, 1.165) is 24.5 Å². The van der Waals surface area contributed by atoms with Crippen molar-refractivity contribution < 1.29 is 8.42 Å². The van der Waals surface area contributed by atoms with Gasteiger partial charge in [-0.25, -0.2) is 17.7 Å². The van der Waals surface area contributed by atoms with Crippen LogP contribution in [0.15, 0.2) is 6.20 Å². The van der Waals surface area contributed by atoms with Gasteiger partial charge < -0.3 is 5.32 Å². The molecule has 0 saturated carbocycles. The van der Waals surface area contributed by atoms with Crippen molar-refractivity contribution in [1.82, 2.24) is 14.6 Å². The van der Waals surface area contributed by atoms with Crippen LogP contribution in [0.2, 0.25) is 0 Å². The zero-order valence-electron chi connectivity index (χ0n) is 11.1. The normalized spacial score (nSPS) is 12.2. The number of aromatic nitrogens is 1. The zero-order chi connectivity index (χ0) is 13.6. The number of nitrogens with zero attached hydrogens (tertiary/aromatic N) is 2. The Kier molecular flexibility index (Phi) is 6.20. The Morgan fingerprint density at radius 1 is 1.50 bits per heavy atom. The second-order valence-electron chi connectivity index (χ2n) is 4.13. The summed E-state index contributed by atoms with van der Waals surface area (Å²) in [5, 5.41) is 4.37. The summed E-state index contributed by atoms with van der Waals surface area (Å²) < 4.78 is 24.2. The monoisotopic (exact) mass is 291 g/mol. The van der Waals surface area contributed by atoms with Crippen molar-refractivity contribution in [1.29, 1.82) is 0 Å². The summed E-state index contributed by atoms with van der Waals surface area (Å²) >= 11 is 1.68. The van der Waals surface area contributed by atoms with Gasteiger partial charge in [-0.15, -0.1) is 11.3 Å². The average molecular weight is 291 g/mol. The molecule has 7 heteroatoms. The van der Waals surface area contributed by atoms with Gasteiger partial charge in [0.15, 0.2) is 0 Å². The van der Waals surface area contributed by atoms with Gasteiger partial charge in [0.25, 0.3) is 0 Å². The van der Waals surface area contributed by atoms with E-state index in [0.29, 0.717) is 13.1 Å². The third-order valence-electron chi connectivity index (χ3n) is 2.55. The first-order chi connectivity index (χ1) is 8.43. The Morgan fingerprint density at radius 3 is 2.72 bits per heavy atom. The average Bonchev–Trinajstić information content (AvgIpc) is 2.67. The van der Waals surface area contributed by atoms with E-state index < -0.39 is 10.0 Å². The molecule has 0 spiro atoms. The number of nitrogens with one attached hydrogen (secondary N) is 1. The van der Waals surface area contributed by atoms with E-state index in [-0.39, 0.29) is 0 Å². The second kappa shape index (κ2) is 7.18. The predicted octanol–water partition coefficient (Wildman–Crippen LogP) is 1.21. The molecule has 1 N–H and O–H groups in total. The summed E-state index contributed by atoms with van der Waals surface area (Å²) in [4.78, 5) is 5.39. The van der Waals surface area contributed by atoms with Crippen molar-refractivity contribution in [3.05, 3.63) is 16.1 Å². The van der Waals surface area contributed by atoms with Crippen molar-refractivity contribution in [2.75, 3.05) is 25.9 Å². The number of rotatable bonds is 8. The Morgan fingerprint density at radius 2 is 2.22 bits per heavy atom. The molecule has 0 aliphatic carbocycles. The summed E-state index contributed by atoms with van der Waals surface area (Å²) in [5.74, 6) is 0. The first kappa shape index (κ1) is 15.6. The van der Waals surface area contributed by atoms with Crippen LogP contribution in [0.5, 0.6) is 0 Å². The van der Waals surface area contributed by atoms with Crippen molar-refractivity contribution in [3.8, 4) is 0 Å². The fourth-order valence-electron chi connectivity index (χ4n) is 1.64. The van der Waals surface area contributed by atoms with Gasteiger partial charge in [0.2, 0.25) is 10.0 Å². The van der Waals surface area contributed by atoms with Crippen LogP contribution in [-0.2, 0) is 16.6 Å². The molecule has 0 bridgehead atoms. The lowest BCUT2D eigenvalue weighted by molar-refractivity contribution is 0.419. The molecule has 0 aliphatic rings. The van der Waals surface area contributed by atoms with Crippen molar-refractivity contribution in [2.24, 2.45) is 0 Å². The molecule has 0 aliphatic heterocycles. The molecule has 5 nitrogen and oxygen atoms in total. The van der Waals surface area contributed by atoms with E-state index in [1.807, 2.05) is 20.0 Å². The molecule has 1 rings (SSSR count). The van der Waals surface area contributed by atoms with Crippen LogP contribution < -0.4 is 5.32 Å². The first-order valence-electron chi connectivity index (χ1n) is 6.00. The van der Waals surface area contributed by atoms with Crippen LogP contribution in [0.3, 0.4) is 0 Å². The second-order valence-corrected chi connectivity index (χ2v) is 7.43. The van der Waals surface area contributed by atoms with Gasteiger partial charge in [-0.2, -0.15) is 0 Å². The Bertz CT molecular complexity index is 457. The lowest BCUT2D eigenvalue weighted by Gasteiger charge is -2.17. The number of aryl methyl sites for hydroxylation is 1. The molecule has 0 saturated heterocycles. The maximum absolute atomic E-state index is 11.3. The van der Waals surface area contributed by atoms with Crippen molar-refractivity contribution in [3.63, 3.8) is 0 Å². The molecule has 1 aromatic rings. The maximum Gasteiger partial charge on any atom is 0.211 e. The van der Waals surface area contributed by atoms with Gasteiger partial charge in [-0.3, -0.25) is 0 Å². The standard InChI is InChI=1S/C11H21N3O2S2/c1-4-14(18(3,15)16)7-5-6-12-8-11-9-13-10(2)17-11/h9,12H,4-8H2,1-3H3. The third-order valence-corrected chi connectivity index (χ3v) is 4.84. The fraction of sp³-hybridized carbons (Fsp3) is 0.727. The summed E-state index contributed by atoms with van der Waals surface area (Å²) in [6.45, 7) is 6.56. The third kappa shape index (κ3) is 5.43. The summed E-state index contributed by atoms with van der Waals surface area (Å²) in [7, 11) is -3.05. The van der Waals surface area contributed by atoms with Crippen LogP contribution in [0.4, 0.5) is 0 Å². The Balaban J connectivity index is 2.19. The molecular formula is C11H21N3O2S2. The summed E-state index contributed by atoms with van der Waals surface area (Å²) in [6, 6.07) is 0. The smallest absolute Gasteiger partial charge is 0.211 e. The van der Waals surface area contributed by atoms with E-state index in [1.165, 1.54) is 15.4 Å². The summed E-state index contributed by atoms with van der Waals surface area (Å²) in [6.07, 6.45) is 3.95. The lowest BCUT2D eigenvalue weighted by atomic mass is 10.4. The van der Waals surface area contributed by atoms with Gasteiger partial charge in [-0.1, -0.05) is 6.92 Å². The van der Waals surface area contributed by atoms with Crippen LogP contribution in [0.1, 0.15) is 23.2 Å². The zero-order valence-corrected chi connectivity index (χ0v) is 12.8. The first-order valence-corrected chi connectivity index (χ1v) is 8.67. The van der Waals surface area contributed by atoms with Crippen molar-refractivity contribution in [2.45, 2.75) is 26.8 Å². The minimum atomic E-state index is -3.05. The van der Waals surface area contributed by atoms with E-state index in [1.54, 1.807) is 11.3 Å². The number of thiazole rings is 1. The number of hydrogen-bond donors (Lipinski definition) is 1. The highest BCUT2D eigenvalue weighted by atomic mass is 32.2. The molecule has 0 radical (unpaired) electrons. The Labute approximate surface area is 113 Å². The Hall–Kier alpha value is -0.500. The SMILES string of the molecule is CCN(CCCNCc1cnc(C)s1)S(C)(=O)=O. The van der Waals surface area contributed by atoms with Gasteiger partial charge in [-0.05, 0) is 19.9 Å². The van der Waals surface area contributed by atoms with Crippen LogP contribution >= 0.6 is 11.3 Å². The van der Waals surface area contributed by atoms with Crippen LogP contribution in [0, 0.1) is 6.92 Å². The predicted molar refractivity (Wildman–Crippen MR) is 75.3 cm³/mol. The molecule has 104 valence electrons. The highest BCUT2D eigenvalue weighted by molar-refractivity contribution is 7.88. The molecule has 18 heavy (non-hydrogen) atoms. The van der Waals surface area contributed by atoms with E-state index in [4.69, 9.17) is 0 Å². The molecule has 0 atom stereocenters. The molecule has 0 fully saturated rings. The van der Waals surface area contributed by atoms with Gasteiger partial charge in [0.1, 0.15) is 0 Å². The highest BCUT2D eigenvalue weighted by Crippen LogP contribution is 2.10. The maximum atomic E-state index is 11.3. The molecule has 1 heterocycles. The van der Waals surface area contributed by atoms with E-state index in [9.17, 15) is 8.42 Å². The van der Waals surface area contributed by atoms with Gasteiger partial charge in [0.05, 0.1) is 11.3 Å². The molecule has 0 amide bonds. The molecule has 0 aromatic carbocycles. The lowest BCUT2D eigenvalue weighted by Crippen LogP contribution is -2.32. The minimum absolute atomic E-state index is 0.535. The quantitative estimate of drug-likeness (QED) is 0.731. The van der Waals surface area contributed by atoms with E-state index in [2.05, 4.69) is 10.3 Å². The minimum Gasteiger partial charge on any atom is -0.312 e.